The van der Waals surface area contributed by atoms with Gasteiger partial charge in [0.05, 0.1) is 18.3 Å². The Kier molecular flexibility index (Phi) is 8.72. The van der Waals surface area contributed by atoms with Crippen LogP contribution in [0.25, 0.3) is 0 Å². The third-order valence-corrected chi connectivity index (χ3v) is 5.10. The minimum absolute atomic E-state index is 0.101. The number of aliphatic hydroxyl groups excluding tert-OH is 3. The molecule has 0 unspecified atom stereocenters. The molecule has 0 heterocycles. The summed E-state index contributed by atoms with van der Waals surface area (Å²) < 4.78 is 0. The van der Waals surface area contributed by atoms with Gasteiger partial charge in [-0.2, -0.15) is 0 Å². The van der Waals surface area contributed by atoms with Crippen molar-refractivity contribution in [2.45, 2.75) is 56.8 Å². The molecule has 27 heavy (non-hydrogen) atoms. The Hall–Kier alpha value is -1.95. The predicted molar refractivity (Wildman–Crippen MR) is 104 cm³/mol. The number of carboxylic acids is 1. The summed E-state index contributed by atoms with van der Waals surface area (Å²) in [6.07, 6.45) is 8.50. The number of carbonyl (C=O) groups is 1. The number of allylic oxidation sites excluding steroid dienone is 2. The van der Waals surface area contributed by atoms with Gasteiger partial charge in [0.1, 0.15) is 0 Å². The molecule has 1 saturated carbocycles. The van der Waals surface area contributed by atoms with E-state index in [2.05, 4.69) is 0 Å². The van der Waals surface area contributed by atoms with Gasteiger partial charge in [0.15, 0.2) is 0 Å². The zero-order valence-corrected chi connectivity index (χ0v) is 15.5. The third-order valence-electron chi connectivity index (χ3n) is 5.10. The van der Waals surface area contributed by atoms with E-state index in [0.29, 0.717) is 32.1 Å². The highest BCUT2D eigenvalue weighted by Gasteiger charge is 2.39. The van der Waals surface area contributed by atoms with Crippen molar-refractivity contribution in [1.82, 2.24) is 0 Å². The van der Waals surface area contributed by atoms with Crippen molar-refractivity contribution in [3.63, 3.8) is 0 Å². The fourth-order valence-corrected chi connectivity index (χ4v) is 3.63. The van der Waals surface area contributed by atoms with Gasteiger partial charge in [0.2, 0.25) is 0 Å². The fraction of sp³-hybridized carbons (Fsp3) is 0.500. The molecule has 4 N–H and O–H groups in total. The highest BCUT2D eigenvalue weighted by atomic mass is 16.4. The molecule has 5 heteroatoms. The maximum Gasteiger partial charge on any atom is 0.303 e. The Bertz CT molecular complexity index is 625. The SMILES string of the molecule is O=C(O)CCCC=CC[C@@H]1[C@@H](C=C[C@@H](O)Cc2ccccc2)[C@H](O)C[C@@H]1O. The van der Waals surface area contributed by atoms with Crippen LogP contribution >= 0.6 is 0 Å². The number of unbranched alkanes of at least 4 members (excludes halogenated alkanes) is 1. The van der Waals surface area contributed by atoms with Crippen LogP contribution in [0.3, 0.4) is 0 Å². The van der Waals surface area contributed by atoms with E-state index in [1.165, 1.54) is 0 Å². The van der Waals surface area contributed by atoms with E-state index in [1.54, 1.807) is 6.08 Å². The summed E-state index contributed by atoms with van der Waals surface area (Å²) in [7, 11) is 0. The van der Waals surface area contributed by atoms with Crippen LogP contribution < -0.4 is 0 Å². The highest BCUT2D eigenvalue weighted by molar-refractivity contribution is 5.66. The van der Waals surface area contributed by atoms with Crippen molar-refractivity contribution in [3.8, 4) is 0 Å². The summed E-state index contributed by atoms with van der Waals surface area (Å²) in [6.45, 7) is 0. The molecule has 0 bridgehead atoms. The molecule has 1 fully saturated rings. The zero-order valence-electron chi connectivity index (χ0n) is 15.5. The van der Waals surface area contributed by atoms with Gasteiger partial charge in [-0.3, -0.25) is 4.79 Å². The van der Waals surface area contributed by atoms with Crippen LogP contribution in [0.15, 0.2) is 54.6 Å². The molecule has 0 aliphatic heterocycles. The second-order valence-electron chi connectivity index (χ2n) is 7.25. The summed E-state index contributed by atoms with van der Waals surface area (Å²) in [6, 6.07) is 9.72. The molecule has 2 rings (SSSR count). The molecular formula is C22H30O5. The molecule has 0 amide bonds. The van der Waals surface area contributed by atoms with E-state index in [4.69, 9.17) is 5.11 Å². The first-order valence-electron chi connectivity index (χ1n) is 9.60. The van der Waals surface area contributed by atoms with Gasteiger partial charge in [-0.05, 0) is 30.7 Å². The molecule has 1 aliphatic carbocycles. The van der Waals surface area contributed by atoms with Crippen molar-refractivity contribution in [3.05, 3.63) is 60.2 Å². The van der Waals surface area contributed by atoms with Crippen LogP contribution in [0.4, 0.5) is 0 Å². The largest absolute Gasteiger partial charge is 0.481 e. The van der Waals surface area contributed by atoms with Crippen molar-refractivity contribution in [1.29, 1.82) is 0 Å². The molecular weight excluding hydrogens is 344 g/mol. The first-order valence-corrected chi connectivity index (χ1v) is 9.60. The molecule has 1 aliphatic rings. The van der Waals surface area contributed by atoms with Gasteiger partial charge in [-0.1, -0.05) is 54.6 Å². The van der Waals surface area contributed by atoms with Crippen LogP contribution in [-0.4, -0.2) is 44.7 Å². The third kappa shape index (κ3) is 7.29. The normalized spacial score (nSPS) is 26.8. The van der Waals surface area contributed by atoms with E-state index in [1.807, 2.05) is 48.6 Å². The molecule has 0 saturated heterocycles. The number of carboxylic acid groups (broad SMARTS) is 1. The molecule has 5 atom stereocenters. The predicted octanol–water partition coefficient (Wildman–Crippen LogP) is 2.71. The Balaban J connectivity index is 1.86. The van der Waals surface area contributed by atoms with Gasteiger partial charge in [-0.25, -0.2) is 0 Å². The molecule has 0 spiro atoms. The maximum absolute atomic E-state index is 10.5. The van der Waals surface area contributed by atoms with Crippen molar-refractivity contribution in [2.75, 3.05) is 0 Å². The van der Waals surface area contributed by atoms with Crippen LogP contribution in [0.5, 0.6) is 0 Å². The Morgan fingerprint density at radius 2 is 1.89 bits per heavy atom. The lowest BCUT2D eigenvalue weighted by molar-refractivity contribution is -0.137. The van der Waals surface area contributed by atoms with Crippen molar-refractivity contribution < 1.29 is 25.2 Å². The maximum atomic E-state index is 10.5. The fourth-order valence-electron chi connectivity index (χ4n) is 3.63. The summed E-state index contributed by atoms with van der Waals surface area (Å²) in [5.41, 5.74) is 1.04. The van der Waals surface area contributed by atoms with Crippen molar-refractivity contribution in [2.24, 2.45) is 11.8 Å². The Morgan fingerprint density at radius 1 is 1.15 bits per heavy atom. The standard InChI is InChI=1S/C22H30O5/c23-17(14-16-8-4-3-5-9-16)12-13-19-18(20(24)15-21(19)25)10-6-1-2-7-11-22(26)27/h1,3-6,8-9,12-13,17-21,23-25H,2,7,10-11,14-15H2,(H,26,27)/t17-,18-,19-,20+,21-/m1/s1. The quantitative estimate of drug-likeness (QED) is 0.373. The lowest BCUT2D eigenvalue weighted by Crippen LogP contribution is -2.20. The Labute approximate surface area is 160 Å². The molecule has 0 aromatic heterocycles. The number of aliphatic hydroxyl groups is 3. The van der Waals surface area contributed by atoms with E-state index < -0.39 is 24.3 Å². The lowest BCUT2D eigenvalue weighted by Gasteiger charge is -2.19. The van der Waals surface area contributed by atoms with E-state index in [0.717, 1.165) is 5.56 Å². The number of aliphatic carboxylic acids is 1. The summed E-state index contributed by atoms with van der Waals surface area (Å²) in [5, 5.41) is 39.3. The first kappa shape index (κ1) is 21.4. The van der Waals surface area contributed by atoms with Crippen LogP contribution in [0.1, 0.15) is 37.7 Å². The minimum atomic E-state index is -0.794. The van der Waals surface area contributed by atoms with E-state index in [9.17, 15) is 20.1 Å². The summed E-state index contributed by atoms with van der Waals surface area (Å²) >= 11 is 0. The number of hydrogen-bond donors (Lipinski definition) is 4. The number of hydrogen-bond acceptors (Lipinski definition) is 4. The van der Waals surface area contributed by atoms with Gasteiger partial charge in [0, 0.05) is 25.2 Å². The van der Waals surface area contributed by atoms with Gasteiger partial charge in [-0.15, -0.1) is 0 Å². The van der Waals surface area contributed by atoms with E-state index in [-0.39, 0.29) is 18.3 Å². The average molecular weight is 374 g/mol. The van der Waals surface area contributed by atoms with Gasteiger partial charge < -0.3 is 20.4 Å². The van der Waals surface area contributed by atoms with Crippen LogP contribution in [0, 0.1) is 11.8 Å². The Morgan fingerprint density at radius 3 is 2.59 bits per heavy atom. The van der Waals surface area contributed by atoms with Crippen LogP contribution in [0.2, 0.25) is 0 Å². The van der Waals surface area contributed by atoms with E-state index >= 15 is 0 Å². The molecule has 1 aromatic carbocycles. The van der Waals surface area contributed by atoms with Gasteiger partial charge >= 0.3 is 5.97 Å². The smallest absolute Gasteiger partial charge is 0.303 e. The molecule has 148 valence electrons. The molecule has 0 radical (unpaired) electrons. The molecule has 1 aromatic rings. The molecule has 5 nitrogen and oxygen atoms in total. The van der Waals surface area contributed by atoms with Crippen LogP contribution in [-0.2, 0) is 11.2 Å². The van der Waals surface area contributed by atoms with Gasteiger partial charge in [0.25, 0.3) is 0 Å². The lowest BCUT2D eigenvalue weighted by atomic mass is 9.89. The summed E-state index contributed by atoms with van der Waals surface area (Å²) in [4.78, 5) is 10.5. The second-order valence-corrected chi connectivity index (χ2v) is 7.25. The highest BCUT2D eigenvalue weighted by Crippen LogP contribution is 2.36. The minimum Gasteiger partial charge on any atom is -0.481 e. The zero-order chi connectivity index (χ0) is 19.6. The second kappa shape index (κ2) is 11.0. The summed E-state index contributed by atoms with van der Waals surface area (Å²) in [5.74, 6) is -1.10. The topological polar surface area (TPSA) is 98.0 Å². The average Bonchev–Trinajstić information content (AvgIpc) is 2.89. The van der Waals surface area contributed by atoms with Crippen molar-refractivity contribution >= 4 is 5.97 Å². The monoisotopic (exact) mass is 374 g/mol. The first-order chi connectivity index (χ1) is 13.0. The number of benzene rings is 1. The number of rotatable bonds is 10.